The fourth-order valence-corrected chi connectivity index (χ4v) is 3.00. The first-order valence-electron chi connectivity index (χ1n) is 7.64. The molecule has 0 aromatic carbocycles. The van der Waals surface area contributed by atoms with Gasteiger partial charge in [0.25, 0.3) is 5.91 Å². The highest BCUT2D eigenvalue weighted by Crippen LogP contribution is 2.21. The topological polar surface area (TPSA) is 49.6 Å². The standard InChI is InChI=1S/C16H22N4O/c1-17-7-4-13-5-9-19(10-6-13)16(21)14-2-3-15-18-8-11-20(15)12-14/h2-3,8,11-13,17H,4-7,9-10H2,1H3. The molecule has 3 rings (SSSR count). The number of amides is 1. The molecule has 21 heavy (non-hydrogen) atoms. The minimum atomic E-state index is 0.137. The number of hydrogen-bond acceptors (Lipinski definition) is 3. The van der Waals surface area contributed by atoms with Gasteiger partial charge in [0.05, 0.1) is 5.56 Å². The predicted octanol–water partition coefficient (Wildman–Crippen LogP) is 1.80. The number of aromatic nitrogens is 2. The van der Waals surface area contributed by atoms with E-state index in [0.717, 1.165) is 49.6 Å². The number of nitrogens with one attached hydrogen (secondary N) is 1. The van der Waals surface area contributed by atoms with E-state index in [1.807, 2.05) is 40.9 Å². The Labute approximate surface area is 125 Å². The van der Waals surface area contributed by atoms with Crippen molar-refractivity contribution in [2.75, 3.05) is 26.7 Å². The minimum Gasteiger partial charge on any atom is -0.339 e. The average Bonchev–Trinajstić information content (AvgIpc) is 3.00. The van der Waals surface area contributed by atoms with Gasteiger partial charge in [-0.1, -0.05) is 0 Å². The summed E-state index contributed by atoms with van der Waals surface area (Å²) in [6, 6.07) is 3.77. The van der Waals surface area contributed by atoms with E-state index in [-0.39, 0.29) is 5.91 Å². The molecule has 0 unspecified atom stereocenters. The van der Waals surface area contributed by atoms with Crippen LogP contribution in [0.3, 0.4) is 0 Å². The van der Waals surface area contributed by atoms with Crippen molar-refractivity contribution in [3.8, 4) is 0 Å². The zero-order valence-corrected chi connectivity index (χ0v) is 12.5. The van der Waals surface area contributed by atoms with Gasteiger partial charge in [0.2, 0.25) is 0 Å². The molecule has 1 saturated heterocycles. The first kappa shape index (κ1) is 14.1. The van der Waals surface area contributed by atoms with Crippen molar-refractivity contribution < 1.29 is 4.79 Å². The van der Waals surface area contributed by atoms with Gasteiger partial charge in [0.1, 0.15) is 5.65 Å². The number of likely N-dealkylation sites (tertiary alicyclic amines) is 1. The first-order chi connectivity index (χ1) is 10.3. The number of rotatable bonds is 4. The summed E-state index contributed by atoms with van der Waals surface area (Å²) in [4.78, 5) is 18.7. The zero-order chi connectivity index (χ0) is 14.7. The summed E-state index contributed by atoms with van der Waals surface area (Å²) in [6.45, 7) is 2.81. The van der Waals surface area contributed by atoms with Crippen molar-refractivity contribution in [1.82, 2.24) is 19.6 Å². The van der Waals surface area contributed by atoms with Crippen LogP contribution in [0.5, 0.6) is 0 Å². The van der Waals surface area contributed by atoms with Crippen LogP contribution in [0.25, 0.3) is 5.65 Å². The highest BCUT2D eigenvalue weighted by molar-refractivity contribution is 5.94. The summed E-state index contributed by atoms with van der Waals surface area (Å²) in [6.07, 6.45) is 8.92. The molecule has 0 radical (unpaired) electrons. The number of fused-ring (bicyclic) bond motifs is 1. The molecule has 5 nitrogen and oxygen atoms in total. The van der Waals surface area contributed by atoms with Gasteiger partial charge in [-0.25, -0.2) is 4.98 Å². The number of hydrogen-bond donors (Lipinski definition) is 1. The molecule has 112 valence electrons. The van der Waals surface area contributed by atoms with Crippen LogP contribution in [0.4, 0.5) is 0 Å². The molecular weight excluding hydrogens is 264 g/mol. The fraction of sp³-hybridized carbons (Fsp3) is 0.500. The summed E-state index contributed by atoms with van der Waals surface area (Å²) >= 11 is 0. The Hall–Kier alpha value is -1.88. The van der Waals surface area contributed by atoms with Crippen LogP contribution in [-0.2, 0) is 0 Å². The lowest BCUT2D eigenvalue weighted by Crippen LogP contribution is -2.39. The monoisotopic (exact) mass is 286 g/mol. The van der Waals surface area contributed by atoms with Gasteiger partial charge in [-0.05, 0) is 50.9 Å². The largest absolute Gasteiger partial charge is 0.339 e. The van der Waals surface area contributed by atoms with Gasteiger partial charge in [-0.2, -0.15) is 0 Å². The SMILES string of the molecule is CNCCC1CCN(C(=O)c2ccc3nccn3c2)CC1. The summed E-state index contributed by atoms with van der Waals surface area (Å²) in [5.41, 5.74) is 1.62. The molecule has 1 fully saturated rings. The van der Waals surface area contributed by atoms with E-state index >= 15 is 0 Å². The molecule has 3 heterocycles. The lowest BCUT2D eigenvalue weighted by molar-refractivity contribution is 0.0686. The van der Waals surface area contributed by atoms with E-state index in [1.54, 1.807) is 6.20 Å². The van der Waals surface area contributed by atoms with E-state index in [4.69, 9.17) is 0 Å². The molecule has 1 aliphatic rings. The van der Waals surface area contributed by atoms with Gasteiger partial charge in [0, 0.05) is 31.7 Å². The van der Waals surface area contributed by atoms with Gasteiger partial charge >= 0.3 is 0 Å². The van der Waals surface area contributed by atoms with Gasteiger partial charge in [0.15, 0.2) is 0 Å². The molecule has 0 aliphatic carbocycles. The fourth-order valence-electron chi connectivity index (χ4n) is 3.00. The number of carbonyl (C=O) groups excluding carboxylic acids is 1. The van der Waals surface area contributed by atoms with E-state index in [1.165, 1.54) is 6.42 Å². The minimum absolute atomic E-state index is 0.137. The molecule has 0 saturated carbocycles. The maximum Gasteiger partial charge on any atom is 0.255 e. The van der Waals surface area contributed by atoms with E-state index in [9.17, 15) is 4.79 Å². The van der Waals surface area contributed by atoms with E-state index in [0.29, 0.717) is 0 Å². The van der Waals surface area contributed by atoms with Crippen LogP contribution in [-0.4, -0.2) is 46.9 Å². The molecule has 1 N–H and O–H groups in total. The third-order valence-corrected chi connectivity index (χ3v) is 4.34. The smallest absolute Gasteiger partial charge is 0.255 e. The number of piperidine rings is 1. The van der Waals surface area contributed by atoms with E-state index < -0.39 is 0 Å². The molecular formula is C16H22N4O. The van der Waals surface area contributed by atoms with Crippen molar-refractivity contribution in [3.05, 3.63) is 36.3 Å². The molecule has 2 aromatic rings. The Balaban J connectivity index is 1.63. The maximum atomic E-state index is 12.6. The second-order valence-electron chi connectivity index (χ2n) is 5.74. The lowest BCUT2D eigenvalue weighted by Gasteiger charge is -2.32. The van der Waals surface area contributed by atoms with Crippen LogP contribution in [0.15, 0.2) is 30.7 Å². The van der Waals surface area contributed by atoms with E-state index in [2.05, 4.69) is 10.3 Å². The molecule has 2 aromatic heterocycles. The van der Waals surface area contributed by atoms with Gasteiger partial charge in [-0.3, -0.25) is 4.79 Å². The molecule has 1 aliphatic heterocycles. The molecule has 0 bridgehead atoms. The van der Waals surface area contributed by atoms with Crippen LogP contribution in [0.1, 0.15) is 29.6 Å². The Morgan fingerprint density at radius 2 is 2.19 bits per heavy atom. The molecule has 5 heteroatoms. The second-order valence-corrected chi connectivity index (χ2v) is 5.74. The Morgan fingerprint density at radius 3 is 2.95 bits per heavy atom. The predicted molar refractivity (Wildman–Crippen MR) is 82.4 cm³/mol. The van der Waals surface area contributed by atoms with Crippen LogP contribution >= 0.6 is 0 Å². The maximum absolute atomic E-state index is 12.6. The second kappa shape index (κ2) is 6.26. The normalized spacial score (nSPS) is 16.5. The number of carbonyl (C=O) groups is 1. The summed E-state index contributed by atoms with van der Waals surface area (Å²) in [7, 11) is 1.99. The Kier molecular flexibility index (Phi) is 4.20. The highest BCUT2D eigenvalue weighted by atomic mass is 16.2. The molecule has 0 spiro atoms. The number of pyridine rings is 1. The van der Waals surface area contributed by atoms with Crippen molar-refractivity contribution in [1.29, 1.82) is 0 Å². The van der Waals surface area contributed by atoms with Crippen molar-refractivity contribution in [3.63, 3.8) is 0 Å². The zero-order valence-electron chi connectivity index (χ0n) is 12.5. The quantitative estimate of drug-likeness (QED) is 0.932. The van der Waals surface area contributed by atoms with Crippen molar-refractivity contribution in [2.24, 2.45) is 5.92 Å². The number of nitrogens with zero attached hydrogens (tertiary/aromatic N) is 3. The van der Waals surface area contributed by atoms with Crippen LogP contribution < -0.4 is 5.32 Å². The summed E-state index contributed by atoms with van der Waals surface area (Å²) in [5, 5.41) is 3.20. The average molecular weight is 286 g/mol. The first-order valence-corrected chi connectivity index (χ1v) is 7.64. The van der Waals surface area contributed by atoms with Crippen LogP contribution in [0, 0.1) is 5.92 Å². The Bertz CT molecular complexity index is 614. The van der Waals surface area contributed by atoms with Gasteiger partial charge < -0.3 is 14.6 Å². The summed E-state index contributed by atoms with van der Waals surface area (Å²) in [5.74, 6) is 0.885. The van der Waals surface area contributed by atoms with Crippen molar-refractivity contribution in [2.45, 2.75) is 19.3 Å². The summed E-state index contributed by atoms with van der Waals surface area (Å²) < 4.78 is 1.90. The molecule has 0 atom stereocenters. The van der Waals surface area contributed by atoms with Crippen molar-refractivity contribution >= 4 is 11.6 Å². The number of imidazole rings is 1. The highest BCUT2D eigenvalue weighted by Gasteiger charge is 2.23. The lowest BCUT2D eigenvalue weighted by atomic mass is 9.93. The van der Waals surface area contributed by atoms with Gasteiger partial charge in [-0.15, -0.1) is 0 Å². The Morgan fingerprint density at radius 1 is 1.38 bits per heavy atom. The van der Waals surface area contributed by atoms with Crippen LogP contribution in [0.2, 0.25) is 0 Å². The molecule has 1 amide bonds. The third kappa shape index (κ3) is 3.08. The third-order valence-electron chi connectivity index (χ3n) is 4.34.